The molecule has 1 aromatic heterocycles. The molecule has 0 saturated heterocycles. The van der Waals surface area contributed by atoms with Crippen molar-refractivity contribution < 1.29 is 0 Å². The second kappa shape index (κ2) is 3.27. The van der Waals surface area contributed by atoms with Gasteiger partial charge >= 0.3 is 0 Å². The van der Waals surface area contributed by atoms with Crippen molar-refractivity contribution in [2.24, 2.45) is 0 Å². The molecule has 4 heteroatoms. The van der Waals surface area contributed by atoms with E-state index in [0.29, 0.717) is 5.82 Å². The third-order valence-corrected chi connectivity index (χ3v) is 2.98. The van der Waals surface area contributed by atoms with E-state index in [9.17, 15) is 0 Å². The van der Waals surface area contributed by atoms with Crippen LogP contribution >= 0.6 is 15.9 Å². The van der Waals surface area contributed by atoms with Crippen LogP contribution in [0, 0.1) is 0 Å². The Bertz CT molecular complexity index is 338. The molecule has 2 rings (SSSR count). The number of hydrogen-bond acceptors (Lipinski definition) is 3. The van der Waals surface area contributed by atoms with E-state index in [1.807, 2.05) is 0 Å². The zero-order valence-electron chi connectivity index (χ0n) is 7.55. The number of hydrogen-bond donors (Lipinski definition) is 1. The smallest absolute Gasteiger partial charge is 0.138 e. The van der Waals surface area contributed by atoms with Crippen LogP contribution in [0.1, 0.15) is 11.3 Å². The molecule has 0 aromatic carbocycles. The van der Waals surface area contributed by atoms with Crippen LogP contribution in [0.2, 0.25) is 0 Å². The highest BCUT2D eigenvalue weighted by atomic mass is 79.9. The molecular weight excluding hydrogens is 230 g/mol. The molecule has 2 heterocycles. The van der Waals surface area contributed by atoms with E-state index in [0.717, 1.165) is 29.7 Å². The van der Waals surface area contributed by atoms with Crippen molar-refractivity contribution in [3.63, 3.8) is 0 Å². The molecule has 0 saturated carbocycles. The van der Waals surface area contributed by atoms with Gasteiger partial charge in [-0.15, -0.1) is 0 Å². The molecule has 13 heavy (non-hydrogen) atoms. The number of anilines is 1. The summed E-state index contributed by atoms with van der Waals surface area (Å²) in [4.78, 5) is 6.64. The van der Waals surface area contributed by atoms with Crippen LogP contribution in [0.25, 0.3) is 0 Å². The van der Waals surface area contributed by atoms with E-state index >= 15 is 0 Å². The second-order valence-corrected chi connectivity index (χ2v) is 4.30. The topological polar surface area (TPSA) is 42.2 Å². The predicted octanol–water partition coefficient (Wildman–Crippen LogP) is 1.41. The van der Waals surface area contributed by atoms with Crippen LogP contribution in [0.5, 0.6) is 0 Å². The second-order valence-electron chi connectivity index (χ2n) is 3.45. The third kappa shape index (κ3) is 1.69. The fourth-order valence-electron chi connectivity index (χ4n) is 1.60. The molecular formula is C9H12BrN3. The first-order valence-corrected chi connectivity index (χ1v) is 5.08. The van der Waals surface area contributed by atoms with Gasteiger partial charge in [-0.2, -0.15) is 0 Å². The standard InChI is InChI=1S/C9H12BrN3/c1-13-3-2-8-6(5-13)4-7(10)9(11)12-8/h4H,2-3,5H2,1H3,(H2,11,12). The van der Waals surface area contributed by atoms with Gasteiger partial charge in [0.25, 0.3) is 0 Å². The zero-order valence-corrected chi connectivity index (χ0v) is 9.13. The van der Waals surface area contributed by atoms with Gasteiger partial charge in [0.05, 0.1) is 4.47 Å². The number of nitrogens with two attached hydrogens (primary N) is 1. The number of nitrogens with zero attached hydrogens (tertiary/aromatic N) is 2. The molecule has 2 N–H and O–H groups in total. The summed E-state index contributed by atoms with van der Waals surface area (Å²) in [5.41, 5.74) is 8.15. The summed E-state index contributed by atoms with van der Waals surface area (Å²) in [6, 6.07) is 2.08. The molecule has 0 spiro atoms. The zero-order chi connectivity index (χ0) is 9.42. The Kier molecular flexibility index (Phi) is 2.26. The summed E-state index contributed by atoms with van der Waals surface area (Å²) in [7, 11) is 2.12. The SMILES string of the molecule is CN1CCc2nc(N)c(Br)cc2C1. The summed E-state index contributed by atoms with van der Waals surface area (Å²) in [5, 5.41) is 0. The molecule has 0 fully saturated rings. The van der Waals surface area contributed by atoms with E-state index in [1.165, 1.54) is 5.56 Å². The lowest BCUT2D eigenvalue weighted by Crippen LogP contribution is -2.27. The van der Waals surface area contributed by atoms with Crippen LogP contribution in [0.15, 0.2) is 10.5 Å². The molecule has 3 nitrogen and oxygen atoms in total. The summed E-state index contributed by atoms with van der Waals surface area (Å²) in [6.07, 6.45) is 1.00. The van der Waals surface area contributed by atoms with Gasteiger partial charge < -0.3 is 10.6 Å². The Morgan fingerprint density at radius 3 is 3.15 bits per heavy atom. The van der Waals surface area contributed by atoms with Crippen LogP contribution in [-0.4, -0.2) is 23.5 Å². The van der Waals surface area contributed by atoms with Crippen LogP contribution in [0.4, 0.5) is 5.82 Å². The summed E-state index contributed by atoms with van der Waals surface area (Å²) in [6.45, 7) is 2.04. The Balaban J connectivity index is 2.43. The Hall–Kier alpha value is -0.610. The van der Waals surface area contributed by atoms with E-state index in [-0.39, 0.29) is 0 Å². The van der Waals surface area contributed by atoms with Crippen molar-refractivity contribution in [2.75, 3.05) is 19.3 Å². The number of aromatic nitrogens is 1. The Morgan fingerprint density at radius 2 is 2.38 bits per heavy atom. The normalized spacial score (nSPS) is 17.1. The number of pyridine rings is 1. The minimum Gasteiger partial charge on any atom is -0.383 e. The van der Waals surface area contributed by atoms with Crippen molar-refractivity contribution in [2.45, 2.75) is 13.0 Å². The Morgan fingerprint density at radius 1 is 1.62 bits per heavy atom. The highest BCUT2D eigenvalue weighted by Crippen LogP contribution is 2.24. The summed E-state index contributed by atoms with van der Waals surface area (Å²) in [5.74, 6) is 0.600. The van der Waals surface area contributed by atoms with Gasteiger partial charge in [0.15, 0.2) is 0 Å². The van der Waals surface area contributed by atoms with Gasteiger partial charge in [-0.3, -0.25) is 0 Å². The molecule has 0 atom stereocenters. The monoisotopic (exact) mass is 241 g/mol. The molecule has 0 amide bonds. The van der Waals surface area contributed by atoms with Crippen LogP contribution in [-0.2, 0) is 13.0 Å². The first kappa shape index (κ1) is 8.97. The van der Waals surface area contributed by atoms with Crippen molar-refractivity contribution in [1.29, 1.82) is 0 Å². The quantitative estimate of drug-likeness (QED) is 0.748. The average Bonchev–Trinajstić information content (AvgIpc) is 2.08. The maximum absolute atomic E-state index is 5.71. The highest BCUT2D eigenvalue weighted by molar-refractivity contribution is 9.10. The fourth-order valence-corrected chi connectivity index (χ4v) is 1.97. The van der Waals surface area contributed by atoms with E-state index in [2.05, 4.69) is 38.9 Å². The lowest BCUT2D eigenvalue weighted by atomic mass is 10.1. The highest BCUT2D eigenvalue weighted by Gasteiger charge is 2.15. The molecule has 1 aliphatic rings. The molecule has 1 aliphatic heterocycles. The molecule has 0 aliphatic carbocycles. The van der Waals surface area contributed by atoms with E-state index in [1.54, 1.807) is 0 Å². The van der Waals surface area contributed by atoms with Gasteiger partial charge in [0, 0.05) is 25.2 Å². The minimum atomic E-state index is 0.600. The van der Waals surface area contributed by atoms with Crippen molar-refractivity contribution >= 4 is 21.7 Å². The molecule has 0 bridgehead atoms. The van der Waals surface area contributed by atoms with Gasteiger partial charge in [-0.05, 0) is 34.6 Å². The lowest BCUT2D eigenvalue weighted by molar-refractivity contribution is 0.310. The molecule has 1 aromatic rings. The number of nitrogen functional groups attached to an aromatic ring is 1. The number of rotatable bonds is 0. The van der Waals surface area contributed by atoms with E-state index < -0.39 is 0 Å². The number of likely N-dealkylation sites (N-methyl/N-ethyl adjacent to an activating group) is 1. The number of fused-ring (bicyclic) bond motifs is 1. The van der Waals surface area contributed by atoms with E-state index in [4.69, 9.17) is 5.73 Å². The van der Waals surface area contributed by atoms with Crippen LogP contribution < -0.4 is 5.73 Å². The maximum atomic E-state index is 5.71. The van der Waals surface area contributed by atoms with Crippen LogP contribution in [0.3, 0.4) is 0 Å². The van der Waals surface area contributed by atoms with Crippen molar-refractivity contribution in [3.8, 4) is 0 Å². The summed E-state index contributed by atoms with van der Waals surface area (Å²) >= 11 is 3.39. The van der Waals surface area contributed by atoms with Gasteiger partial charge in [-0.1, -0.05) is 0 Å². The largest absolute Gasteiger partial charge is 0.383 e. The summed E-state index contributed by atoms with van der Waals surface area (Å²) < 4.78 is 0.904. The molecule has 0 unspecified atom stereocenters. The van der Waals surface area contributed by atoms with Gasteiger partial charge in [0.2, 0.25) is 0 Å². The first-order valence-electron chi connectivity index (χ1n) is 4.29. The Labute approximate surface area is 86.1 Å². The van der Waals surface area contributed by atoms with Gasteiger partial charge in [-0.25, -0.2) is 4.98 Å². The molecule has 70 valence electrons. The fraction of sp³-hybridized carbons (Fsp3) is 0.444. The lowest BCUT2D eigenvalue weighted by Gasteiger charge is -2.24. The number of halogens is 1. The predicted molar refractivity (Wildman–Crippen MR) is 56.4 cm³/mol. The molecule has 0 radical (unpaired) electrons. The average molecular weight is 242 g/mol. The third-order valence-electron chi connectivity index (χ3n) is 2.34. The van der Waals surface area contributed by atoms with Crippen molar-refractivity contribution in [3.05, 3.63) is 21.8 Å². The van der Waals surface area contributed by atoms with Gasteiger partial charge in [0.1, 0.15) is 5.82 Å². The minimum absolute atomic E-state index is 0.600. The first-order chi connectivity index (χ1) is 6.16. The van der Waals surface area contributed by atoms with Crippen molar-refractivity contribution in [1.82, 2.24) is 9.88 Å². The maximum Gasteiger partial charge on any atom is 0.138 e.